The summed E-state index contributed by atoms with van der Waals surface area (Å²) in [6.45, 7) is 5.93. The van der Waals surface area contributed by atoms with E-state index in [9.17, 15) is 4.79 Å². The van der Waals surface area contributed by atoms with E-state index in [2.05, 4.69) is 36.6 Å². The van der Waals surface area contributed by atoms with Crippen molar-refractivity contribution >= 4 is 16.9 Å². The van der Waals surface area contributed by atoms with Gasteiger partial charge in [0.05, 0.1) is 5.54 Å². The minimum atomic E-state index is -0.241. The monoisotopic (exact) mass is 231 g/mol. The van der Waals surface area contributed by atoms with Crippen LogP contribution in [0.4, 0.5) is 0 Å². The van der Waals surface area contributed by atoms with Crippen LogP contribution < -0.4 is 0 Å². The van der Waals surface area contributed by atoms with Crippen molar-refractivity contribution in [3.05, 3.63) is 36.5 Å². The lowest BCUT2D eigenvalue weighted by molar-refractivity contribution is -0.143. The van der Waals surface area contributed by atoms with E-state index in [-0.39, 0.29) is 11.5 Å². The van der Waals surface area contributed by atoms with Crippen LogP contribution in [0.1, 0.15) is 20.8 Å². The Balaban J connectivity index is 2.35. The Morgan fingerprint density at radius 1 is 1.29 bits per heavy atom. The zero-order valence-corrected chi connectivity index (χ0v) is 10.4. The lowest BCUT2D eigenvalue weighted by atomic mass is 10.1. The summed E-state index contributed by atoms with van der Waals surface area (Å²) >= 11 is 0. The topological polar surface area (TPSA) is 31.2 Å². The maximum Gasteiger partial charge on any atom is 0.302 e. The highest BCUT2D eigenvalue weighted by molar-refractivity contribution is 5.80. The Kier molecular flexibility index (Phi) is 2.92. The van der Waals surface area contributed by atoms with Crippen LogP contribution in [0.3, 0.4) is 0 Å². The summed E-state index contributed by atoms with van der Waals surface area (Å²) < 4.78 is 7.26. The Morgan fingerprint density at radius 3 is 2.71 bits per heavy atom. The van der Waals surface area contributed by atoms with Crippen molar-refractivity contribution < 1.29 is 9.53 Å². The number of carbonyl (C=O) groups excluding carboxylic acids is 1. The molecule has 0 saturated carbocycles. The second kappa shape index (κ2) is 4.24. The maximum atomic E-state index is 10.9. The Labute approximate surface area is 101 Å². The largest absolute Gasteiger partial charge is 0.463 e. The van der Waals surface area contributed by atoms with Gasteiger partial charge in [0.25, 0.3) is 0 Å². The van der Waals surface area contributed by atoms with Gasteiger partial charge >= 0.3 is 5.97 Å². The van der Waals surface area contributed by atoms with Gasteiger partial charge < -0.3 is 9.30 Å². The number of ether oxygens (including phenoxy) is 1. The average Bonchev–Trinajstić information content (AvgIpc) is 2.71. The molecule has 0 saturated heterocycles. The van der Waals surface area contributed by atoms with Crippen LogP contribution in [0, 0.1) is 0 Å². The van der Waals surface area contributed by atoms with Crippen LogP contribution >= 0.6 is 0 Å². The van der Waals surface area contributed by atoms with Gasteiger partial charge in [-0.3, -0.25) is 4.79 Å². The molecular formula is C14H17NO2. The van der Waals surface area contributed by atoms with Gasteiger partial charge in [-0.05, 0) is 31.4 Å². The Bertz CT molecular complexity index is 540. The lowest BCUT2D eigenvalue weighted by Gasteiger charge is -2.27. The number of hydrogen-bond donors (Lipinski definition) is 0. The van der Waals surface area contributed by atoms with Gasteiger partial charge in [0.15, 0.2) is 0 Å². The molecule has 1 heterocycles. The summed E-state index contributed by atoms with van der Waals surface area (Å²) in [7, 11) is 0. The Hall–Kier alpha value is -1.77. The Morgan fingerprint density at radius 2 is 2.00 bits per heavy atom. The second-order valence-corrected chi connectivity index (χ2v) is 4.84. The van der Waals surface area contributed by atoms with Crippen molar-refractivity contribution in [1.82, 2.24) is 4.57 Å². The fourth-order valence-corrected chi connectivity index (χ4v) is 1.96. The highest BCUT2D eigenvalue weighted by Gasteiger charge is 2.22. The normalized spacial score (nSPS) is 11.7. The van der Waals surface area contributed by atoms with Crippen LogP contribution in [0.25, 0.3) is 10.9 Å². The smallest absolute Gasteiger partial charge is 0.302 e. The van der Waals surface area contributed by atoms with Crippen molar-refractivity contribution in [3.63, 3.8) is 0 Å². The quantitative estimate of drug-likeness (QED) is 0.760. The minimum absolute atomic E-state index is 0.241. The molecule has 0 fully saturated rings. The molecule has 0 radical (unpaired) electrons. The molecule has 0 atom stereocenters. The molecule has 0 aliphatic carbocycles. The first-order valence-corrected chi connectivity index (χ1v) is 5.71. The van der Waals surface area contributed by atoms with E-state index >= 15 is 0 Å². The van der Waals surface area contributed by atoms with Crippen molar-refractivity contribution in [1.29, 1.82) is 0 Å². The van der Waals surface area contributed by atoms with Crippen molar-refractivity contribution in [3.8, 4) is 0 Å². The fraction of sp³-hybridized carbons (Fsp3) is 0.357. The first kappa shape index (κ1) is 11.7. The average molecular weight is 231 g/mol. The van der Waals surface area contributed by atoms with E-state index in [4.69, 9.17) is 4.74 Å². The fourth-order valence-electron chi connectivity index (χ4n) is 1.96. The highest BCUT2D eigenvalue weighted by atomic mass is 16.5. The van der Waals surface area contributed by atoms with Crippen LogP contribution in [-0.2, 0) is 15.1 Å². The minimum Gasteiger partial charge on any atom is -0.463 e. The number of rotatable bonds is 3. The number of para-hydroxylation sites is 1. The lowest BCUT2D eigenvalue weighted by Crippen LogP contribution is -2.32. The van der Waals surface area contributed by atoms with Gasteiger partial charge in [-0.25, -0.2) is 0 Å². The van der Waals surface area contributed by atoms with Crippen molar-refractivity contribution in [2.45, 2.75) is 26.3 Å². The van der Waals surface area contributed by atoms with Crippen LogP contribution in [0.2, 0.25) is 0 Å². The number of nitrogens with zero attached hydrogens (tertiary/aromatic N) is 1. The SMILES string of the molecule is CC(=O)OCC(C)(C)n1ccc2ccccc21. The molecule has 0 bridgehead atoms. The van der Waals surface area contributed by atoms with E-state index in [1.54, 1.807) is 0 Å². The van der Waals surface area contributed by atoms with Crippen LogP contribution in [0.5, 0.6) is 0 Å². The molecule has 1 aromatic heterocycles. The zero-order chi connectivity index (χ0) is 12.5. The van der Waals surface area contributed by atoms with Crippen molar-refractivity contribution in [2.24, 2.45) is 0 Å². The van der Waals surface area contributed by atoms with Gasteiger partial charge in [-0.1, -0.05) is 18.2 Å². The summed E-state index contributed by atoms with van der Waals surface area (Å²) in [5.41, 5.74) is 0.916. The predicted molar refractivity (Wildman–Crippen MR) is 67.9 cm³/mol. The number of hydrogen-bond acceptors (Lipinski definition) is 2. The molecule has 0 aliphatic heterocycles. The number of esters is 1. The summed E-state index contributed by atoms with van der Waals surface area (Å²) in [5.74, 6) is -0.241. The highest BCUT2D eigenvalue weighted by Crippen LogP contribution is 2.24. The molecule has 0 aliphatic rings. The summed E-state index contributed by atoms with van der Waals surface area (Å²) in [6.07, 6.45) is 2.04. The third-order valence-corrected chi connectivity index (χ3v) is 2.88. The molecule has 3 heteroatoms. The van der Waals surface area contributed by atoms with E-state index in [1.165, 1.54) is 12.3 Å². The first-order valence-electron chi connectivity index (χ1n) is 5.71. The van der Waals surface area contributed by atoms with Crippen molar-refractivity contribution in [2.75, 3.05) is 6.61 Å². The zero-order valence-electron chi connectivity index (χ0n) is 10.4. The number of benzene rings is 1. The molecule has 0 spiro atoms. The van der Waals surface area contributed by atoms with E-state index < -0.39 is 0 Å². The van der Waals surface area contributed by atoms with E-state index in [0.717, 1.165) is 5.52 Å². The molecule has 0 amide bonds. The third kappa shape index (κ3) is 2.33. The number of carbonyl (C=O) groups is 1. The van der Waals surface area contributed by atoms with Gasteiger partial charge in [0.1, 0.15) is 6.61 Å². The molecule has 17 heavy (non-hydrogen) atoms. The molecule has 2 rings (SSSR count). The van der Waals surface area contributed by atoms with Gasteiger partial charge in [-0.15, -0.1) is 0 Å². The standard InChI is InChI=1S/C14H17NO2/c1-11(16)17-10-14(2,3)15-9-8-12-6-4-5-7-13(12)15/h4-9H,10H2,1-3H3. The molecule has 0 N–H and O–H groups in total. The number of fused-ring (bicyclic) bond motifs is 1. The van der Waals surface area contributed by atoms with Crippen LogP contribution in [0.15, 0.2) is 36.5 Å². The summed E-state index contributed by atoms with van der Waals surface area (Å²) in [4.78, 5) is 10.9. The first-order chi connectivity index (χ1) is 8.00. The van der Waals surface area contributed by atoms with Crippen LogP contribution in [-0.4, -0.2) is 17.1 Å². The molecule has 3 nitrogen and oxygen atoms in total. The molecule has 1 aromatic carbocycles. The van der Waals surface area contributed by atoms with E-state index in [0.29, 0.717) is 6.61 Å². The molecule has 2 aromatic rings. The summed E-state index contributed by atoms with van der Waals surface area (Å²) in [6, 6.07) is 10.3. The molecule has 90 valence electrons. The van der Waals surface area contributed by atoms with Gasteiger partial charge in [-0.2, -0.15) is 0 Å². The molecule has 0 unspecified atom stereocenters. The maximum absolute atomic E-state index is 10.9. The molecular weight excluding hydrogens is 214 g/mol. The van der Waals surface area contributed by atoms with Gasteiger partial charge in [0, 0.05) is 18.6 Å². The van der Waals surface area contributed by atoms with Gasteiger partial charge in [0.2, 0.25) is 0 Å². The number of aromatic nitrogens is 1. The summed E-state index contributed by atoms with van der Waals surface area (Å²) in [5, 5.41) is 1.20. The third-order valence-electron chi connectivity index (χ3n) is 2.88. The predicted octanol–water partition coefficient (Wildman–Crippen LogP) is 2.94. The second-order valence-electron chi connectivity index (χ2n) is 4.84. The van der Waals surface area contributed by atoms with E-state index in [1.807, 2.05) is 18.3 Å².